The molecule has 2 rings (SSSR count). The lowest BCUT2D eigenvalue weighted by Gasteiger charge is -2.00. The number of hydrogen-bond donors (Lipinski definition) is 1. The van der Waals surface area contributed by atoms with Crippen molar-refractivity contribution in [2.75, 3.05) is 11.9 Å². The zero-order chi connectivity index (χ0) is 14.4. The lowest BCUT2D eigenvalue weighted by atomic mass is 10.2. The van der Waals surface area contributed by atoms with Crippen LogP contribution in [-0.2, 0) is 22.5 Å². The van der Waals surface area contributed by atoms with E-state index >= 15 is 0 Å². The van der Waals surface area contributed by atoms with Gasteiger partial charge in [0.05, 0.1) is 29.6 Å². The minimum absolute atomic E-state index is 0.178. The lowest BCUT2D eigenvalue weighted by molar-refractivity contribution is -0.143. The van der Waals surface area contributed by atoms with Crippen molar-refractivity contribution < 1.29 is 9.53 Å². The molecule has 2 aromatic heterocycles. The number of nitrogens with zero attached hydrogens (tertiary/aromatic N) is 1. The number of aryl methyl sites for hydroxylation is 1. The Morgan fingerprint density at radius 1 is 1.50 bits per heavy atom. The Bertz CT molecular complexity index is 568. The molecule has 0 atom stereocenters. The van der Waals surface area contributed by atoms with Crippen molar-refractivity contribution in [3.8, 4) is 0 Å². The van der Waals surface area contributed by atoms with Gasteiger partial charge in [0.2, 0.25) is 0 Å². The second-order valence-electron chi connectivity index (χ2n) is 4.01. The van der Waals surface area contributed by atoms with Crippen LogP contribution in [0.25, 0.3) is 0 Å². The van der Waals surface area contributed by atoms with Gasteiger partial charge in [0.25, 0.3) is 0 Å². The van der Waals surface area contributed by atoms with Crippen LogP contribution in [0.2, 0.25) is 4.34 Å². The molecule has 2 heterocycles. The van der Waals surface area contributed by atoms with E-state index in [1.54, 1.807) is 18.3 Å². The van der Waals surface area contributed by atoms with Crippen LogP contribution in [0.5, 0.6) is 0 Å². The average Bonchev–Trinajstić information content (AvgIpc) is 3.03. The van der Waals surface area contributed by atoms with Gasteiger partial charge in [0, 0.05) is 16.7 Å². The summed E-state index contributed by atoms with van der Waals surface area (Å²) in [6.07, 6.45) is 0.986. The highest BCUT2D eigenvalue weighted by Gasteiger charge is 2.06. The Hall–Kier alpha value is -1.11. The standard InChI is InChI=1S/C13H15ClN2O2S2/c1-2-18-12(17)6-3-9-8-19-13(16-9)15-7-10-4-5-11(14)20-10/h4-5,8H,2-3,6-7H2,1H3,(H,15,16). The van der Waals surface area contributed by atoms with Crippen LogP contribution in [0.4, 0.5) is 5.13 Å². The Morgan fingerprint density at radius 2 is 2.35 bits per heavy atom. The molecule has 2 aromatic rings. The van der Waals surface area contributed by atoms with Gasteiger partial charge in [0.15, 0.2) is 5.13 Å². The Labute approximate surface area is 130 Å². The van der Waals surface area contributed by atoms with Crippen molar-refractivity contribution in [3.63, 3.8) is 0 Å². The van der Waals surface area contributed by atoms with Crippen molar-refractivity contribution >= 4 is 45.4 Å². The van der Waals surface area contributed by atoms with E-state index in [1.165, 1.54) is 16.2 Å². The number of hydrogen-bond acceptors (Lipinski definition) is 6. The number of esters is 1. The first-order valence-electron chi connectivity index (χ1n) is 6.25. The molecule has 0 aliphatic rings. The molecule has 0 saturated heterocycles. The zero-order valence-corrected chi connectivity index (χ0v) is 13.4. The molecule has 0 radical (unpaired) electrons. The van der Waals surface area contributed by atoms with Crippen LogP contribution in [0.3, 0.4) is 0 Å². The molecule has 0 saturated carbocycles. The van der Waals surface area contributed by atoms with Gasteiger partial charge < -0.3 is 10.1 Å². The molecule has 0 amide bonds. The van der Waals surface area contributed by atoms with Crippen molar-refractivity contribution in [1.82, 2.24) is 4.98 Å². The number of nitrogens with one attached hydrogen (secondary N) is 1. The molecule has 108 valence electrons. The molecule has 0 bridgehead atoms. The van der Waals surface area contributed by atoms with Gasteiger partial charge in [-0.3, -0.25) is 4.79 Å². The van der Waals surface area contributed by atoms with E-state index in [9.17, 15) is 4.79 Å². The largest absolute Gasteiger partial charge is 0.466 e. The van der Waals surface area contributed by atoms with Crippen LogP contribution in [0.15, 0.2) is 17.5 Å². The van der Waals surface area contributed by atoms with Crippen LogP contribution < -0.4 is 5.32 Å². The number of ether oxygens (including phenoxy) is 1. The second kappa shape index (κ2) is 7.61. The monoisotopic (exact) mass is 330 g/mol. The summed E-state index contributed by atoms with van der Waals surface area (Å²) in [4.78, 5) is 16.9. The smallest absolute Gasteiger partial charge is 0.306 e. The van der Waals surface area contributed by atoms with E-state index in [0.717, 1.165) is 15.2 Å². The first-order chi connectivity index (χ1) is 9.67. The van der Waals surface area contributed by atoms with Crippen LogP contribution >= 0.6 is 34.3 Å². The maximum absolute atomic E-state index is 11.3. The first-order valence-corrected chi connectivity index (χ1v) is 8.33. The summed E-state index contributed by atoms with van der Waals surface area (Å²) < 4.78 is 5.68. The minimum Gasteiger partial charge on any atom is -0.466 e. The Morgan fingerprint density at radius 3 is 3.05 bits per heavy atom. The van der Waals surface area contributed by atoms with E-state index in [1.807, 2.05) is 17.5 Å². The molecule has 1 N–H and O–H groups in total. The highest BCUT2D eigenvalue weighted by atomic mass is 35.5. The predicted octanol–water partition coefficient (Wildman–Crippen LogP) is 3.97. The molecule has 20 heavy (non-hydrogen) atoms. The zero-order valence-electron chi connectivity index (χ0n) is 11.0. The van der Waals surface area contributed by atoms with E-state index < -0.39 is 0 Å². The van der Waals surface area contributed by atoms with E-state index in [0.29, 0.717) is 26.0 Å². The Balaban J connectivity index is 1.78. The average molecular weight is 331 g/mol. The van der Waals surface area contributed by atoms with Gasteiger partial charge in [-0.2, -0.15) is 0 Å². The topological polar surface area (TPSA) is 51.2 Å². The predicted molar refractivity (Wildman–Crippen MR) is 83.7 cm³/mol. The third-order valence-electron chi connectivity index (χ3n) is 2.49. The minimum atomic E-state index is -0.178. The summed E-state index contributed by atoms with van der Waals surface area (Å²) in [5, 5.41) is 6.07. The van der Waals surface area contributed by atoms with Gasteiger partial charge in [-0.05, 0) is 19.1 Å². The molecule has 7 heteroatoms. The second-order valence-corrected chi connectivity index (χ2v) is 6.67. The van der Waals surface area contributed by atoms with Gasteiger partial charge >= 0.3 is 5.97 Å². The number of anilines is 1. The fourth-order valence-corrected chi connectivity index (χ4v) is 3.35. The summed E-state index contributed by atoms with van der Waals surface area (Å²) >= 11 is 8.97. The normalized spacial score (nSPS) is 10.5. The highest BCUT2D eigenvalue weighted by Crippen LogP contribution is 2.23. The van der Waals surface area contributed by atoms with Gasteiger partial charge in [-0.25, -0.2) is 4.98 Å². The molecular weight excluding hydrogens is 316 g/mol. The van der Waals surface area contributed by atoms with Crippen molar-refractivity contribution in [3.05, 3.63) is 32.4 Å². The first kappa shape index (κ1) is 15.3. The summed E-state index contributed by atoms with van der Waals surface area (Å²) in [7, 11) is 0. The maximum Gasteiger partial charge on any atom is 0.306 e. The third kappa shape index (κ3) is 4.77. The summed E-state index contributed by atoms with van der Waals surface area (Å²) in [6.45, 7) is 2.94. The maximum atomic E-state index is 11.3. The quantitative estimate of drug-likeness (QED) is 0.780. The molecule has 0 spiro atoms. The van der Waals surface area contributed by atoms with Crippen LogP contribution in [-0.4, -0.2) is 17.6 Å². The molecular formula is C13H15ClN2O2S2. The van der Waals surface area contributed by atoms with Crippen molar-refractivity contribution in [2.45, 2.75) is 26.3 Å². The summed E-state index contributed by atoms with van der Waals surface area (Å²) in [5.41, 5.74) is 0.912. The number of aromatic nitrogens is 1. The number of thiophene rings is 1. The summed E-state index contributed by atoms with van der Waals surface area (Å²) in [5.74, 6) is -0.178. The van der Waals surface area contributed by atoms with Crippen LogP contribution in [0.1, 0.15) is 23.9 Å². The lowest BCUT2D eigenvalue weighted by Crippen LogP contribution is -2.05. The summed E-state index contributed by atoms with van der Waals surface area (Å²) in [6, 6.07) is 3.88. The number of rotatable bonds is 7. The van der Waals surface area contributed by atoms with Crippen LogP contribution in [0, 0.1) is 0 Å². The van der Waals surface area contributed by atoms with E-state index in [-0.39, 0.29) is 5.97 Å². The van der Waals surface area contributed by atoms with Crippen molar-refractivity contribution in [2.24, 2.45) is 0 Å². The Kier molecular flexibility index (Phi) is 5.82. The number of thiazole rings is 1. The molecule has 0 aromatic carbocycles. The molecule has 0 aliphatic carbocycles. The molecule has 0 aliphatic heterocycles. The highest BCUT2D eigenvalue weighted by molar-refractivity contribution is 7.16. The van der Waals surface area contributed by atoms with Gasteiger partial charge in [-0.15, -0.1) is 22.7 Å². The third-order valence-corrected chi connectivity index (χ3v) is 4.56. The SMILES string of the molecule is CCOC(=O)CCc1csc(NCc2ccc(Cl)s2)n1. The number of carbonyl (C=O) groups is 1. The number of carbonyl (C=O) groups excluding carboxylic acids is 1. The van der Waals surface area contributed by atoms with Gasteiger partial charge in [-0.1, -0.05) is 11.6 Å². The fraction of sp³-hybridized carbons (Fsp3) is 0.385. The number of halogens is 1. The van der Waals surface area contributed by atoms with E-state index in [4.69, 9.17) is 16.3 Å². The van der Waals surface area contributed by atoms with Crippen molar-refractivity contribution in [1.29, 1.82) is 0 Å². The molecule has 0 unspecified atom stereocenters. The molecule has 4 nitrogen and oxygen atoms in total. The molecule has 0 fully saturated rings. The van der Waals surface area contributed by atoms with E-state index in [2.05, 4.69) is 10.3 Å². The fourth-order valence-electron chi connectivity index (χ4n) is 1.58. The van der Waals surface area contributed by atoms with Gasteiger partial charge in [0.1, 0.15) is 0 Å².